The summed E-state index contributed by atoms with van der Waals surface area (Å²) in [6.45, 7) is 0. The lowest BCUT2D eigenvalue weighted by Gasteiger charge is -2.07. The molecule has 0 aliphatic carbocycles. The largest absolute Gasteiger partial charge is 0.319 e. The Morgan fingerprint density at radius 3 is 2.59 bits per heavy atom. The van der Waals surface area contributed by atoms with Crippen molar-refractivity contribution in [3.63, 3.8) is 0 Å². The third-order valence-corrected chi connectivity index (χ3v) is 2.87. The fraction of sp³-hybridized carbons (Fsp3) is 0. The second-order valence-corrected chi connectivity index (χ2v) is 4.30. The van der Waals surface area contributed by atoms with Crippen molar-refractivity contribution in [1.29, 1.82) is 0 Å². The average Bonchev–Trinajstić information content (AvgIpc) is 2.55. The average molecular weight is 304 g/mol. The Balaban J connectivity index is 1.92. The molecule has 0 fully saturated rings. The van der Waals surface area contributed by atoms with Crippen LogP contribution in [0.3, 0.4) is 0 Å². The number of carbonyl (C=O) groups is 1. The first-order chi connectivity index (χ1) is 10.6. The summed E-state index contributed by atoms with van der Waals surface area (Å²) in [5, 5.41) is 2.15. The fourth-order valence-electron chi connectivity index (χ4n) is 1.80. The van der Waals surface area contributed by atoms with Crippen molar-refractivity contribution in [3.05, 3.63) is 59.8 Å². The van der Waals surface area contributed by atoms with Gasteiger partial charge in [0.1, 0.15) is 5.52 Å². The molecule has 0 saturated carbocycles. The number of fused-ring (bicyclic) bond motifs is 1. The van der Waals surface area contributed by atoms with Gasteiger partial charge in [0.2, 0.25) is 0 Å². The fourth-order valence-corrected chi connectivity index (χ4v) is 1.80. The molecule has 0 spiro atoms. The highest BCUT2D eigenvalue weighted by atomic mass is 19.2. The van der Waals surface area contributed by atoms with E-state index in [-0.39, 0.29) is 5.56 Å². The maximum Gasteiger partial charge on any atom is 0.257 e. The van der Waals surface area contributed by atoms with Crippen molar-refractivity contribution < 1.29 is 18.0 Å². The van der Waals surface area contributed by atoms with Gasteiger partial charge >= 0.3 is 0 Å². The number of aromatic nitrogens is 3. The smallest absolute Gasteiger partial charge is 0.257 e. The van der Waals surface area contributed by atoms with Gasteiger partial charge in [-0.3, -0.25) is 9.78 Å². The summed E-state index contributed by atoms with van der Waals surface area (Å²) < 4.78 is 39.5. The number of pyridine rings is 1. The Bertz CT molecular complexity index is 885. The van der Waals surface area contributed by atoms with E-state index in [1.165, 1.54) is 24.7 Å². The monoisotopic (exact) mass is 304 g/mol. The van der Waals surface area contributed by atoms with Gasteiger partial charge in [-0.1, -0.05) is 0 Å². The van der Waals surface area contributed by atoms with Crippen molar-refractivity contribution in [2.24, 2.45) is 0 Å². The lowest BCUT2D eigenvalue weighted by Crippen LogP contribution is -2.14. The van der Waals surface area contributed by atoms with Crippen LogP contribution in [0.25, 0.3) is 11.2 Å². The highest BCUT2D eigenvalue weighted by Crippen LogP contribution is 2.20. The molecule has 110 valence electrons. The van der Waals surface area contributed by atoms with Gasteiger partial charge in [-0.2, -0.15) is 0 Å². The SMILES string of the molecule is O=C(Nc1ccc(F)c(F)c1F)c1cnc2nccnc2c1. The number of nitrogens with one attached hydrogen (secondary N) is 1. The van der Waals surface area contributed by atoms with Crippen LogP contribution < -0.4 is 5.32 Å². The lowest BCUT2D eigenvalue weighted by molar-refractivity contribution is 0.102. The highest BCUT2D eigenvalue weighted by molar-refractivity contribution is 6.05. The molecule has 0 aliphatic heterocycles. The normalized spacial score (nSPS) is 10.7. The third kappa shape index (κ3) is 2.46. The van der Waals surface area contributed by atoms with E-state index in [1.807, 2.05) is 0 Å². The maximum atomic E-state index is 13.5. The molecule has 0 unspecified atom stereocenters. The molecule has 8 heteroatoms. The third-order valence-electron chi connectivity index (χ3n) is 2.87. The van der Waals surface area contributed by atoms with Gasteiger partial charge < -0.3 is 5.32 Å². The number of hydrogen-bond donors (Lipinski definition) is 1. The van der Waals surface area contributed by atoms with E-state index in [0.717, 1.165) is 12.1 Å². The Labute approximate surface area is 121 Å². The standard InChI is InChI=1S/C14H7F3N4O/c15-8-1-2-9(12(17)11(8)16)21-14(22)7-5-10-13(20-6-7)19-4-3-18-10/h1-6H,(H,21,22). The molecule has 0 saturated heterocycles. The predicted molar refractivity (Wildman–Crippen MR) is 71.6 cm³/mol. The van der Waals surface area contributed by atoms with Crippen molar-refractivity contribution in [2.75, 3.05) is 5.32 Å². The van der Waals surface area contributed by atoms with Crippen LogP contribution in [0.4, 0.5) is 18.9 Å². The number of hydrogen-bond acceptors (Lipinski definition) is 4. The van der Waals surface area contributed by atoms with Crippen LogP contribution in [-0.2, 0) is 0 Å². The van der Waals surface area contributed by atoms with Crippen molar-refractivity contribution in [2.45, 2.75) is 0 Å². The van der Waals surface area contributed by atoms with E-state index in [0.29, 0.717) is 11.2 Å². The molecule has 0 aliphatic rings. The van der Waals surface area contributed by atoms with Gasteiger partial charge in [-0.25, -0.2) is 23.1 Å². The van der Waals surface area contributed by atoms with Gasteiger partial charge in [0.05, 0.1) is 11.3 Å². The first-order valence-corrected chi connectivity index (χ1v) is 6.08. The molecular weight excluding hydrogens is 297 g/mol. The van der Waals surface area contributed by atoms with E-state index in [1.54, 1.807) is 0 Å². The van der Waals surface area contributed by atoms with E-state index in [9.17, 15) is 18.0 Å². The summed E-state index contributed by atoms with van der Waals surface area (Å²) in [7, 11) is 0. The molecule has 3 rings (SSSR count). The van der Waals surface area contributed by atoms with Crippen molar-refractivity contribution >= 4 is 22.8 Å². The molecule has 5 nitrogen and oxygen atoms in total. The number of amides is 1. The Hall–Kier alpha value is -3.03. The highest BCUT2D eigenvalue weighted by Gasteiger charge is 2.16. The summed E-state index contributed by atoms with van der Waals surface area (Å²) in [4.78, 5) is 23.9. The number of benzene rings is 1. The topological polar surface area (TPSA) is 67.8 Å². The van der Waals surface area contributed by atoms with E-state index in [4.69, 9.17) is 0 Å². The number of carbonyl (C=O) groups excluding carboxylic acids is 1. The summed E-state index contributed by atoms with van der Waals surface area (Å²) >= 11 is 0. The van der Waals surface area contributed by atoms with E-state index in [2.05, 4.69) is 20.3 Å². The minimum absolute atomic E-state index is 0.0807. The zero-order valence-electron chi connectivity index (χ0n) is 10.8. The summed E-state index contributed by atoms with van der Waals surface area (Å²) in [6.07, 6.45) is 4.11. The molecule has 0 atom stereocenters. The summed E-state index contributed by atoms with van der Waals surface area (Å²) in [5.74, 6) is -5.19. The quantitative estimate of drug-likeness (QED) is 0.739. The molecule has 2 heterocycles. The minimum Gasteiger partial charge on any atom is -0.319 e. The van der Waals surface area contributed by atoms with Crippen LogP contribution in [-0.4, -0.2) is 20.9 Å². The molecule has 0 bridgehead atoms. The Morgan fingerprint density at radius 1 is 1.00 bits per heavy atom. The summed E-state index contributed by atoms with van der Waals surface area (Å²) in [6, 6.07) is 3.06. The molecule has 0 radical (unpaired) electrons. The zero-order chi connectivity index (χ0) is 15.7. The van der Waals surface area contributed by atoms with Crippen molar-refractivity contribution in [3.8, 4) is 0 Å². The second kappa shape index (κ2) is 5.40. The molecule has 22 heavy (non-hydrogen) atoms. The minimum atomic E-state index is -1.65. The Morgan fingerprint density at radius 2 is 1.77 bits per heavy atom. The van der Waals surface area contributed by atoms with Crippen LogP contribution in [0, 0.1) is 17.5 Å². The predicted octanol–water partition coefficient (Wildman–Crippen LogP) is 2.69. The van der Waals surface area contributed by atoms with Crippen LogP contribution in [0.2, 0.25) is 0 Å². The van der Waals surface area contributed by atoms with E-state index < -0.39 is 29.0 Å². The number of rotatable bonds is 2. The molecule has 2 aromatic heterocycles. The van der Waals surface area contributed by atoms with E-state index >= 15 is 0 Å². The maximum absolute atomic E-state index is 13.5. The van der Waals surface area contributed by atoms with Crippen LogP contribution in [0.5, 0.6) is 0 Å². The lowest BCUT2D eigenvalue weighted by atomic mass is 10.2. The first kappa shape index (κ1) is 13.9. The molecule has 1 N–H and O–H groups in total. The summed E-state index contributed by atoms with van der Waals surface area (Å²) in [5.41, 5.74) is 0.333. The molecular formula is C14H7F3N4O. The molecule has 1 amide bonds. The van der Waals surface area contributed by atoms with Crippen molar-refractivity contribution in [1.82, 2.24) is 15.0 Å². The Kier molecular flexibility index (Phi) is 3.42. The van der Waals surface area contributed by atoms with Crippen LogP contribution >= 0.6 is 0 Å². The molecule has 3 aromatic rings. The molecule has 1 aromatic carbocycles. The number of nitrogens with zero attached hydrogens (tertiary/aromatic N) is 3. The first-order valence-electron chi connectivity index (χ1n) is 6.08. The van der Waals surface area contributed by atoms with Gasteiger partial charge in [0.25, 0.3) is 5.91 Å². The second-order valence-electron chi connectivity index (χ2n) is 4.30. The zero-order valence-corrected chi connectivity index (χ0v) is 10.8. The van der Waals surface area contributed by atoms with Gasteiger partial charge in [0, 0.05) is 18.6 Å². The van der Waals surface area contributed by atoms with Gasteiger partial charge in [-0.15, -0.1) is 0 Å². The number of anilines is 1. The van der Waals surface area contributed by atoms with Gasteiger partial charge in [-0.05, 0) is 18.2 Å². The van der Waals surface area contributed by atoms with Gasteiger partial charge in [0.15, 0.2) is 23.1 Å². The number of halogens is 3. The van der Waals surface area contributed by atoms with Crippen LogP contribution in [0.15, 0.2) is 36.8 Å². The van der Waals surface area contributed by atoms with Crippen LogP contribution in [0.1, 0.15) is 10.4 Å².